The third-order valence-electron chi connectivity index (χ3n) is 6.61. The van der Waals surface area contributed by atoms with Crippen LogP contribution in [0, 0.1) is 17.3 Å². The van der Waals surface area contributed by atoms with Crippen molar-refractivity contribution in [2.75, 3.05) is 0 Å². The van der Waals surface area contributed by atoms with Crippen LogP contribution in [0.15, 0.2) is 23.4 Å². The van der Waals surface area contributed by atoms with Crippen molar-refractivity contribution in [2.45, 2.75) is 44.9 Å². The second-order valence-electron chi connectivity index (χ2n) is 7.89. The molecule has 3 aliphatic carbocycles. The Morgan fingerprint density at radius 3 is 2.81 bits per heavy atom. The molecule has 8 heteroatoms. The number of oxime groups is 1. The van der Waals surface area contributed by atoms with Gasteiger partial charge in [0.25, 0.3) is 0 Å². The van der Waals surface area contributed by atoms with Gasteiger partial charge in [-0.3, -0.25) is 4.79 Å². The fraction of sp³-hybridized carbons (Fsp3) is 0.556. The minimum absolute atomic E-state index is 0.00820. The van der Waals surface area contributed by atoms with Crippen LogP contribution in [0.2, 0.25) is 0 Å². The molecule has 3 unspecified atom stereocenters. The van der Waals surface area contributed by atoms with Crippen LogP contribution in [0.25, 0.3) is 0 Å². The SMILES string of the molecule is C[C@]12CCC3c4ccc(OS(N)(=O)=O)cc4CCC3C1C/C(=N/O)C2=O. The molecule has 3 N–H and O–H groups in total. The van der Waals surface area contributed by atoms with E-state index in [0.717, 1.165) is 31.2 Å². The standard InChI is InChI=1S/C18H22N2O5S/c1-18-7-6-13-12-5-3-11(25-26(19,23)24)8-10(12)2-4-14(13)15(18)9-16(20-22)17(18)21/h3,5,8,13-15,22H,2,4,6-7,9H2,1H3,(H2,19,23,24)/b20-16-/t13?,14?,15?,18-/m0/s1. The van der Waals surface area contributed by atoms with Gasteiger partial charge < -0.3 is 9.39 Å². The van der Waals surface area contributed by atoms with Gasteiger partial charge in [-0.1, -0.05) is 18.1 Å². The van der Waals surface area contributed by atoms with E-state index in [9.17, 15) is 13.2 Å². The van der Waals surface area contributed by atoms with Gasteiger partial charge in [0.15, 0.2) is 5.78 Å². The van der Waals surface area contributed by atoms with Gasteiger partial charge in [-0.15, -0.1) is 0 Å². The Balaban J connectivity index is 1.66. The minimum Gasteiger partial charge on any atom is -0.411 e. The van der Waals surface area contributed by atoms with Gasteiger partial charge in [0.1, 0.15) is 11.5 Å². The highest BCUT2D eigenvalue weighted by Gasteiger charge is 2.57. The Morgan fingerprint density at radius 2 is 2.12 bits per heavy atom. The smallest absolute Gasteiger partial charge is 0.380 e. The molecule has 0 bridgehead atoms. The predicted molar refractivity (Wildman–Crippen MR) is 94.4 cm³/mol. The summed E-state index contributed by atoms with van der Waals surface area (Å²) in [4.78, 5) is 12.6. The van der Waals surface area contributed by atoms with Crippen LogP contribution in [0.5, 0.6) is 5.75 Å². The largest absolute Gasteiger partial charge is 0.411 e. The Labute approximate surface area is 152 Å². The van der Waals surface area contributed by atoms with Crippen molar-refractivity contribution >= 4 is 21.8 Å². The van der Waals surface area contributed by atoms with Crippen molar-refractivity contribution in [3.63, 3.8) is 0 Å². The molecule has 1 aromatic carbocycles. The number of rotatable bonds is 2. The average Bonchev–Trinajstić information content (AvgIpc) is 2.84. The molecule has 0 heterocycles. The summed E-state index contributed by atoms with van der Waals surface area (Å²) < 4.78 is 27.1. The lowest BCUT2D eigenvalue weighted by molar-refractivity contribution is -0.125. The number of carbonyl (C=O) groups is 1. The molecular formula is C18H22N2O5S. The first-order chi connectivity index (χ1) is 12.2. The lowest BCUT2D eigenvalue weighted by Crippen LogP contribution is -2.42. The molecule has 0 saturated heterocycles. The zero-order valence-corrected chi connectivity index (χ0v) is 15.3. The number of benzene rings is 1. The van der Waals surface area contributed by atoms with Gasteiger partial charge in [-0.05, 0) is 66.7 Å². The van der Waals surface area contributed by atoms with Crippen LogP contribution in [0.3, 0.4) is 0 Å². The molecule has 0 aromatic heterocycles. The molecule has 0 spiro atoms. The van der Waals surface area contributed by atoms with Crippen molar-refractivity contribution in [1.82, 2.24) is 0 Å². The Bertz CT molecular complexity index is 910. The highest BCUT2D eigenvalue weighted by Crippen LogP contribution is 2.59. The number of ketones is 1. The van der Waals surface area contributed by atoms with E-state index in [0.29, 0.717) is 24.0 Å². The van der Waals surface area contributed by atoms with E-state index in [1.165, 1.54) is 5.56 Å². The van der Waals surface area contributed by atoms with E-state index in [2.05, 4.69) is 5.16 Å². The maximum absolute atomic E-state index is 12.6. The first-order valence-corrected chi connectivity index (χ1v) is 10.3. The van der Waals surface area contributed by atoms with Gasteiger partial charge in [-0.25, -0.2) is 0 Å². The van der Waals surface area contributed by atoms with E-state index < -0.39 is 15.7 Å². The molecule has 0 radical (unpaired) electrons. The third-order valence-corrected chi connectivity index (χ3v) is 7.04. The fourth-order valence-corrected chi connectivity index (χ4v) is 5.81. The maximum atomic E-state index is 12.6. The fourth-order valence-electron chi connectivity index (χ4n) is 5.44. The topological polar surface area (TPSA) is 119 Å². The Morgan fingerprint density at radius 1 is 1.35 bits per heavy atom. The lowest BCUT2D eigenvalue weighted by Gasteiger charge is -2.47. The molecule has 0 amide bonds. The summed E-state index contributed by atoms with van der Waals surface area (Å²) in [6, 6.07) is 5.32. The number of nitrogens with two attached hydrogens (primary N) is 1. The van der Waals surface area contributed by atoms with Crippen LogP contribution in [-0.2, 0) is 21.5 Å². The van der Waals surface area contributed by atoms with Crippen LogP contribution in [0.1, 0.15) is 49.7 Å². The summed E-state index contributed by atoms with van der Waals surface area (Å²) in [5, 5.41) is 17.4. The first kappa shape index (κ1) is 17.5. The monoisotopic (exact) mass is 378 g/mol. The molecule has 7 nitrogen and oxygen atoms in total. The van der Waals surface area contributed by atoms with Crippen molar-refractivity contribution in [2.24, 2.45) is 27.5 Å². The van der Waals surface area contributed by atoms with E-state index in [1.54, 1.807) is 12.1 Å². The first-order valence-electron chi connectivity index (χ1n) is 8.84. The molecule has 2 fully saturated rings. The number of Topliss-reactive ketones (excluding diaryl/α,β-unsaturated/α-hetero) is 1. The van der Waals surface area contributed by atoms with Crippen LogP contribution in [0.4, 0.5) is 0 Å². The highest BCUT2D eigenvalue weighted by molar-refractivity contribution is 7.84. The molecule has 0 aliphatic heterocycles. The molecule has 1 aromatic rings. The van der Waals surface area contributed by atoms with Crippen molar-refractivity contribution in [3.8, 4) is 5.75 Å². The number of hydrogen-bond acceptors (Lipinski definition) is 6. The Kier molecular flexibility index (Phi) is 3.89. The van der Waals surface area contributed by atoms with Gasteiger partial charge in [0.05, 0.1) is 0 Å². The van der Waals surface area contributed by atoms with Crippen molar-refractivity contribution < 1.29 is 22.6 Å². The minimum atomic E-state index is -4.04. The molecule has 2 saturated carbocycles. The summed E-state index contributed by atoms with van der Waals surface area (Å²) in [7, 11) is -4.04. The zero-order chi connectivity index (χ0) is 18.7. The normalized spacial score (nSPS) is 34.9. The number of nitrogens with zero attached hydrogens (tertiary/aromatic N) is 1. The Hall–Kier alpha value is -1.93. The third kappa shape index (κ3) is 2.63. The number of carbonyl (C=O) groups excluding carboxylic acids is 1. The van der Waals surface area contributed by atoms with Gasteiger partial charge in [0, 0.05) is 11.8 Å². The molecule has 26 heavy (non-hydrogen) atoms. The molecule has 4 atom stereocenters. The quantitative estimate of drug-likeness (QED) is 0.603. The van der Waals surface area contributed by atoms with E-state index in [4.69, 9.17) is 14.5 Å². The van der Waals surface area contributed by atoms with Crippen LogP contribution >= 0.6 is 0 Å². The van der Waals surface area contributed by atoms with E-state index in [-0.39, 0.29) is 17.5 Å². The van der Waals surface area contributed by atoms with E-state index in [1.807, 2.05) is 13.0 Å². The molecule has 3 aliphatic rings. The lowest BCUT2D eigenvalue weighted by atomic mass is 9.55. The summed E-state index contributed by atoms with van der Waals surface area (Å²) in [6.07, 6.45) is 3.92. The molecule has 140 valence electrons. The second-order valence-corrected chi connectivity index (χ2v) is 9.04. The maximum Gasteiger partial charge on any atom is 0.380 e. The second kappa shape index (κ2) is 5.79. The highest BCUT2D eigenvalue weighted by atomic mass is 32.2. The number of hydrogen-bond donors (Lipinski definition) is 2. The van der Waals surface area contributed by atoms with Gasteiger partial charge in [-0.2, -0.15) is 13.6 Å². The van der Waals surface area contributed by atoms with Gasteiger partial charge >= 0.3 is 10.3 Å². The van der Waals surface area contributed by atoms with Gasteiger partial charge in [0.2, 0.25) is 0 Å². The summed E-state index contributed by atoms with van der Waals surface area (Å²) in [5.41, 5.74) is 2.15. The number of aryl methyl sites for hydroxylation is 1. The summed E-state index contributed by atoms with van der Waals surface area (Å²) in [6.45, 7) is 2.01. The molecular weight excluding hydrogens is 356 g/mol. The van der Waals surface area contributed by atoms with E-state index >= 15 is 0 Å². The average molecular weight is 378 g/mol. The molecule has 4 rings (SSSR count). The summed E-state index contributed by atoms with van der Waals surface area (Å²) >= 11 is 0. The predicted octanol–water partition coefficient (Wildman–Crippen LogP) is 2.13. The summed E-state index contributed by atoms with van der Waals surface area (Å²) in [5.74, 6) is 1.09. The number of fused-ring (bicyclic) bond motifs is 5. The zero-order valence-electron chi connectivity index (χ0n) is 14.5. The van der Waals surface area contributed by atoms with Crippen molar-refractivity contribution in [3.05, 3.63) is 29.3 Å². The van der Waals surface area contributed by atoms with Crippen LogP contribution in [-0.4, -0.2) is 25.1 Å². The van der Waals surface area contributed by atoms with Crippen LogP contribution < -0.4 is 9.32 Å². The van der Waals surface area contributed by atoms with Crippen molar-refractivity contribution in [1.29, 1.82) is 0 Å².